The van der Waals surface area contributed by atoms with Crippen molar-refractivity contribution in [1.82, 2.24) is 5.32 Å². The third-order valence-electron chi connectivity index (χ3n) is 5.92. The minimum Gasteiger partial charge on any atom is -0.364 e. The molecule has 3 heteroatoms. The van der Waals surface area contributed by atoms with Gasteiger partial charge in [-0.3, -0.25) is 4.79 Å². The summed E-state index contributed by atoms with van der Waals surface area (Å²) in [6, 6.07) is 30.2. The lowest BCUT2D eigenvalue weighted by Gasteiger charge is -2.24. The molecule has 3 aromatic rings. The second-order valence-corrected chi connectivity index (χ2v) is 8.59. The molecule has 0 fully saturated rings. The highest BCUT2D eigenvalue weighted by Crippen LogP contribution is 2.23. The van der Waals surface area contributed by atoms with Gasteiger partial charge in [-0.05, 0) is 29.5 Å². The molecule has 0 saturated heterocycles. The third-order valence-corrected chi connectivity index (χ3v) is 5.92. The van der Waals surface area contributed by atoms with Crippen LogP contribution in [0.1, 0.15) is 74.3 Å². The normalized spacial score (nSPS) is 12.8. The number of carbonyl (C=O) groups excluding carboxylic acids is 1. The predicted molar refractivity (Wildman–Crippen MR) is 136 cm³/mol. The highest BCUT2D eigenvalue weighted by atomic mass is 16.5. The zero-order valence-corrected chi connectivity index (χ0v) is 19.8. The summed E-state index contributed by atoms with van der Waals surface area (Å²) >= 11 is 0. The van der Waals surface area contributed by atoms with E-state index in [0.717, 1.165) is 30.4 Å². The fourth-order valence-electron chi connectivity index (χ4n) is 4.07. The first kappa shape index (κ1) is 24.7. The van der Waals surface area contributed by atoms with Crippen molar-refractivity contribution in [2.24, 2.45) is 0 Å². The molecular formula is C30H37NO2. The van der Waals surface area contributed by atoms with Crippen LogP contribution in [-0.4, -0.2) is 12.5 Å². The van der Waals surface area contributed by atoms with Crippen LogP contribution >= 0.6 is 0 Å². The Balaban J connectivity index is 1.68. The van der Waals surface area contributed by atoms with Gasteiger partial charge in [0.05, 0.1) is 6.04 Å². The minimum absolute atomic E-state index is 0.0861. The van der Waals surface area contributed by atoms with Crippen molar-refractivity contribution in [3.05, 3.63) is 108 Å². The zero-order chi connectivity index (χ0) is 23.1. The first-order valence-electron chi connectivity index (χ1n) is 12.3. The van der Waals surface area contributed by atoms with Gasteiger partial charge in [-0.1, -0.05) is 130 Å². The van der Waals surface area contributed by atoms with E-state index in [1.54, 1.807) is 0 Å². The first-order chi connectivity index (χ1) is 16.3. The lowest BCUT2D eigenvalue weighted by atomic mass is 9.98. The second kappa shape index (κ2) is 14.3. The van der Waals surface area contributed by atoms with E-state index in [4.69, 9.17) is 4.74 Å². The predicted octanol–water partition coefficient (Wildman–Crippen LogP) is 7.21. The molecule has 0 aliphatic heterocycles. The van der Waals surface area contributed by atoms with Crippen LogP contribution in [0.2, 0.25) is 0 Å². The lowest BCUT2D eigenvalue weighted by Crippen LogP contribution is -2.35. The molecule has 3 aromatic carbocycles. The molecule has 3 nitrogen and oxygen atoms in total. The van der Waals surface area contributed by atoms with Crippen molar-refractivity contribution < 1.29 is 9.53 Å². The van der Waals surface area contributed by atoms with Crippen LogP contribution in [0.5, 0.6) is 0 Å². The van der Waals surface area contributed by atoms with E-state index in [1.165, 1.54) is 31.2 Å². The summed E-state index contributed by atoms with van der Waals surface area (Å²) < 4.78 is 6.17. The molecule has 174 valence electrons. The van der Waals surface area contributed by atoms with Crippen molar-refractivity contribution in [2.75, 3.05) is 6.61 Å². The monoisotopic (exact) mass is 443 g/mol. The quantitative estimate of drug-likeness (QED) is 0.267. The molecule has 2 atom stereocenters. The van der Waals surface area contributed by atoms with Crippen LogP contribution in [0.3, 0.4) is 0 Å². The molecule has 2 unspecified atom stereocenters. The van der Waals surface area contributed by atoms with Gasteiger partial charge in [-0.2, -0.15) is 0 Å². The summed E-state index contributed by atoms with van der Waals surface area (Å²) in [5.41, 5.74) is 3.18. The number of rotatable bonds is 14. The van der Waals surface area contributed by atoms with Crippen molar-refractivity contribution in [1.29, 1.82) is 0 Å². The Bertz CT molecular complexity index is 912. The van der Waals surface area contributed by atoms with E-state index in [0.29, 0.717) is 6.61 Å². The Hall–Kier alpha value is -2.91. The number of hydrogen-bond acceptors (Lipinski definition) is 2. The van der Waals surface area contributed by atoms with Crippen molar-refractivity contribution in [3.8, 4) is 0 Å². The Morgan fingerprint density at radius 2 is 1.27 bits per heavy atom. The Morgan fingerprint density at radius 3 is 1.91 bits per heavy atom. The van der Waals surface area contributed by atoms with Crippen LogP contribution in [-0.2, 0) is 16.0 Å². The number of unbranched alkanes of at least 4 members (excludes halogenated alkanes) is 5. The zero-order valence-electron chi connectivity index (χ0n) is 19.8. The molecule has 0 aliphatic carbocycles. The standard InChI is InChI=1S/C30H37NO2/c1-2-3-4-5-6-16-23-33-29(27-21-14-9-15-22-27)30(32)31-28(26-19-12-8-13-20-26)24-25-17-10-7-11-18-25/h7-15,17-22,28-29H,2-6,16,23-24H2,1H3,(H,31,32). The SMILES string of the molecule is CCCCCCCCOC(C(=O)NC(Cc1ccccc1)c1ccccc1)c1ccccc1. The summed E-state index contributed by atoms with van der Waals surface area (Å²) in [6.45, 7) is 2.82. The van der Waals surface area contributed by atoms with E-state index in [1.807, 2.05) is 66.7 Å². The smallest absolute Gasteiger partial charge is 0.254 e. The highest BCUT2D eigenvalue weighted by Gasteiger charge is 2.24. The first-order valence-corrected chi connectivity index (χ1v) is 12.3. The summed E-state index contributed by atoms with van der Waals surface area (Å²) in [6.07, 6.45) is 7.29. The van der Waals surface area contributed by atoms with Crippen molar-refractivity contribution in [3.63, 3.8) is 0 Å². The average Bonchev–Trinajstić information content (AvgIpc) is 2.87. The molecule has 33 heavy (non-hydrogen) atoms. The molecule has 0 spiro atoms. The van der Waals surface area contributed by atoms with Gasteiger partial charge in [0.2, 0.25) is 0 Å². The van der Waals surface area contributed by atoms with Crippen molar-refractivity contribution in [2.45, 2.75) is 64.0 Å². The van der Waals surface area contributed by atoms with Crippen LogP contribution < -0.4 is 5.32 Å². The molecule has 0 heterocycles. The lowest BCUT2D eigenvalue weighted by molar-refractivity contribution is -0.134. The summed E-state index contributed by atoms with van der Waals surface area (Å²) in [4.78, 5) is 13.5. The van der Waals surface area contributed by atoms with Gasteiger partial charge in [-0.15, -0.1) is 0 Å². The Morgan fingerprint density at radius 1 is 0.727 bits per heavy atom. The van der Waals surface area contributed by atoms with Crippen LogP contribution in [0.4, 0.5) is 0 Å². The van der Waals surface area contributed by atoms with Gasteiger partial charge in [0.15, 0.2) is 6.10 Å². The molecular weight excluding hydrogens is 406 g/mol. The second-order valence-electron chi connectivity index (χ2n) is 8.59. The maximum Gasteiger partial charge on any atom is 0.254 e. The van der Waals surface area contributed by atoms with Gasteiger partial charge >= 0.3 is 0 Å². The molecule has 0 bridgehead atoms. The molecule has 0 saturated carbocycles. The van der Waals surface area contributed by atoms with E-state index < -0.39 is 6.10 Å². The Kier molecular flexibility index (Phi) is 10.7. The van der Waals surface area contributed by atoms with Crippen LogP contribution in [0.15, 0.2) is 91.0 Å². The molecule has 0 aromatic heterocycles. The van der Waals surface area contributed by atoms with E-state index in [2.05, 4.69) is 36.5 Å². The highest BCUT2D eigenvalue weighted by molar-refractivity contribution is 5.82. The number of ether oxygens (including phenoxy) is 1. The number of hydrogen-bond donors (Lipinski definition) is 1. The summed E-state index contributed by atoms with van der Waals surface area (Å²) in [5.74, 6) is -0.0861. The molecule has 1 amide bonds. The van der Waals surface area contributed by atoms with Crippen LogP contribution in [0, 0.1) is 0 Å². The van der Waals surface area contributed by atoms with Gasteiger partial charge in [0.1, 0.15) is 0 Å². The molecule has 0 radical (unpaired) electrons. The van der Waals surface area contributed by atoms with Gasteiger partial charge < -0.3 is 10.1 Å². The number of carbonyl (C=O) groups is 1. The maximum absolute atomic E-state index is 13.5. The molecule has 0 aliphatic rings. The number of nitrogens with one attached hydrogen (secondary N) is 1. The van der Waals surface area contributed by atoms with Crippen molar-refractivity contribution >= 4 is 5.91 Å². The van der Waals surface area contributed by atoms with E-state index >= 15 is 0 Å². The minimum atomic E-state index is -0.608. The number of benzene rings is 3. The molecule has 3 rings (SSSR count). The fourth-order valence-corrected chi connectivity index (χ4v) is 4.07. The van der Waals surface area contributed by atoms with E-state index in [-0.39, 0.29) is 11.9 Å². The van der Waals surface area contributed by atoms with Gasteiger partial charge in [0.25, 0.3) is 5.91 Å². The van der Waals surface area contributed by atoms with E-state index in [9.17, 15) is 4.79 Å². The number of amides is 1. The summed E-state index contributed by atoms with van der Waals surface area (Å²) in [5, 5.41) is 3.29. The molecule has 1 N–H and O–H groups in total. The fraction of sp³-hybridized carbons (Fsp3) is 0.367. The van der Waals surface area contributed by atoms with Crippen LogP contribution in [0.25, 0.3) is 0 Å². The third kappa shape index (κ3) is 8.51. The largest absolute Gasteiger partial charge is 0.364 e. The topological polar surface area (TPSA) is 38.3 Å². The van der Waals surface area contributed by atoms with Gasteiger partial charge in [-0.25, -0.2) is 0 Å². The maximum atomic E-state index is 13.5. The summed E-state index contributed by atoms with van der Waals surface area (Å²) in [7, 11) is 0. The van der Waals surface area contributed by atoms with Gasteiger partial charge in [0, 0.05) is 6.61 Å². The Labute approximate surface area is 199 Å². The average molecular weight is 444 g/mol.